The topological polar surface area (TPSA) is 32.3 Å². The van der Waals surface area contributed by atoms with E-state index >= 15 is 0 Å². The molecule has 17 heavy (non-hydrogen) atoms. The Kier molecular flexibility index (Phi) is 4.39. The first kappa shape index (κ1) is 12.8. The zero-order valence-electron chi connectivity index (χ0n) is 9.95. The average molecular weight is 344 g/mol. The number of amides is 1. The monoisotopic (exact) mass is 344 g/mol. The van der Waals surface area contributed by atoms with Gasteiger partial charge in [0.2, 0.25) is 0 Å². The number of nitrogens with one attached hydrogen (secondary N) is 1. The molecule has 0 spiro atoms. The first-order valence-electron chi connectivity index (χ1n) is 5.88. The van der Waals surface area contributed by atoms with Crippen LogP contribution >= 0.6 is 22.6 Å². The highest BCUT2D eigenvalue weighted by Crippen LogP contribution is 2.14. The van der Waals surface area contributed by atoms with Crippen molar-refractivity contribution in [3.8, 4) is 0 Å². The fraction of sp³-hybridized carbons (Fsp3) is 0.462. The fourth-order valence-corrected chi connectivity index (χ4v) is 2.80. The molecule has 1 aliphatic rings. The van der Waals surface area contributed by atoms with Gasteiger partial charge in [0.05, 0.1) is 5.56 Å². The standard InChI is InChI=1S/C13H17IN2O/c1-16-7-6-10(9-16)8-15-13(17)11-4-2-3-5-12(11)14/h2-5,10H,6-9H2,1H3,(H,15,17). The summed E-state index contributed by atoms with van der Waals surface area (Å²) in [5.74, 6) is 0.648. The number of hydrogen-bond donors (Lipinski definition) is 1. The van der Waals surface area contributed by atoms with E-state index < -0.39 is 0 Å². The first-order valence-corrected chi connectivity index (χ1v) is 6.96. The number of nitrogens with zero attached hydrogens (tertiary/aromatic N) is 1. The third-order valence-electron chi connectivity index (χ3n) is 3.16. The van der Waals surface area contributed by atoms with Crippen molar-refractivity contribution in [1.29, 1.82) is 0 Å². The molecule has 1 unspecified atom stereocenters. The van der Waals surface area contributed by atoms with Crippen LogP contribution in [-0.4, -0.2) is 37.5 Å². The average Bonchev–Trinajstić information content (AvgIpc) is 2.73. The van der Waals surface area contributed by atoms with Crippen molar-refractivity contribution < 1.29 is 4.79 Å². The highest BCUT2D eigenvalue weighted by atomic mass is 127. The summed E-state index contributed by atoms with van der Waals surface area (Å²) in [4.78, 5) is 14.3. The van der Waals surface area contributed by atoms with Crippen LogP contribution in [0.4, 0.5) is 0 Å². The van der Waals surface area contributed by atoms with E-state index in [0.29, 0.717) is 5.92 Å². The second kappa shape index (κ2) is 5.82. The number of benzene rings is 1. The molecule has 1 saturated heterocycles. The van der Waals surface area contributed by atoms with Gasteiger partial charge < -0.3 is 10.2 Å². The molecule has 0 radical (unpaired) electrons. The lowest BCUT2D eigenvalue weighted by molar-refractivity contribution is 0.0946. The number of carbonyl (C=O) groups is 1. The molecule has 1 aromatic rings. The molecule has 1 atom stereocenters. The molecule has 1 amide bonds. The second-order valence-corrected chi connectivity index (χ2v) is 5.77. The molecule has 1 N–H and O–H groups in total. The summed E-state index contributed by atoms with van der Waals surface area (Å²) in [7, 11) is 2.13. The summed E-state index contributed by atoms with van der Waals surface area (Å²) in [6, 6.07) is 7.68. The van der Waals surface area contributed by atoms with Crippen molar-refractivity contribution in [2.45, 2.75) is 6.42 Å². The van der Waals surface area contributed by atoms with E-state index in [4.69, 9.17) is 0 Å². The highest BCUT2D eigenvalue weighted by Gasteiger charge is 2.20. The second-order valence-electron chi connectivity index (χ2n) is 4.61. The van der Waals surface area contributed by atoms with E-state index in [1.807, 2.05) is 24.3 Å². The lowest BCUT2D eigenvalue weighted by Crippen LogP contribution is -2.30. The van der Waals surface area contributed by atoms with Gasteiger partial charge in [0.1, 0.15) is 0 Å². The molecule has 1 heterocycles. The van der Waals surface area contributed by atoms with E-state index in [1.54, 1.807) is 0 Å². The van der Waals surface area contributed by atoms with Crippen LogP contribution in [0.15, 0.2) is 24.3 Å². The van der Waals surface area contributed by atoms with Crippen LogP contribution < -0.4 is 5.32 Å². The molecule has 0 bridgehead atoms. The van der Waals surface area contributed by atoms with Crippen LogP contribution in [0.25, 0.3) is 0 Å². The Morgan fingerprint density at radius 2 is 2.29 bits per heavy atom. The van der Waals surface area contributed by atoms with Crippen LogP contribution in [0.2, 0.25) is 0 Å². The van der Waals surface area contributed by atoms with Gasteiger partial charge in [-0.25, -0.2) is 0 Å². The molecule has 1 fully saturated rings. The summed E-state index contributed by atoms with van der Waals surface area (Å²) in [5.41, 5.74) is 0.777. The minimum atomic E-state index is 0.0459. The summed E-state index contributed by atoms with van der Waals surface area (Å²) in [6.45, 7) is 3.02. The minimum absolute atomic E-state index is 0.0459. The summed E-state index contributed by atoms with van der Waals surface area (Å²) in [5, 5.41) is 3.03. The van der Waals surface area contributed by atoms with Crippen molar-refractivity contribution in [3.05, 3.63) is 33.4 Å². The summed E-state index contributed by atoms with van der Waals surface area (Å²) >= 11 is 2.20. The van der Waals surface area contributed by atoms with E-state index in [2.05, 4.69) is 39.9 Å². The Balaban J connectivity index is 1.88. The summed E-state index contributed by atoms with van der Waals surface area (Å²) < 4.78 is 1.01. The SMILES string of the molecule is CN1CCC(CNC(=O)c2ccccc2I)C1. The van der Waals surface area contributed by atoms with Crippen LogP contribution in [0.1, 0.15) is 16.8 Å². The van der Waals surface area contributed by atoms with E-state index in [-0.39, 0.29) is 5.91 Å². The van der Waals surface area contributed by atoms with Gasteiger partial charge in [-0.15, -0.1) is 0 Å². The van der Waals surface area contributed by atoms with Gasteiger partial charge in [-0.1, -0.05) is 12.1 Å². The summed E-state index contributed by atoms with van der Waals surface area (Å²) in [6.07, 6.45) is 1.18. The number of halogens is 1. The Hall–Kier alpha value is -0.620. The van der Waals surface area contributed by atoms with Crippen LogP contribution in [0, 0.1) is 9.49 Å². The van der Waals surface area contributed by atoms with Crippen molar-refractivity contribution in [2.75, 3.05) is 26.7 Å². The predicted octanol–water partition coefficient (Wildman–Crippen LogP) is 1.97. The quantitative estimate of drug-likeness (QED) is 0.851. The van der Waals surface area contributed by atoms with E-state index in [9.17, 15) is 4.79 Å². The number of likely N-dealkylation sites (tertiary alicyclic amines) is 1. The molecule has 0 aromatic heterocycles. The maximum absolute atomic E-state index is 12.0. The van der Waals surface area contributed by atoms with Gasteiger partial charge in [-0.05, 0) is 60.7 Å². The van der Waals surface area contributed by atoms with Gasteiger partial charge in [0, 0.05) is 16.7 Å². The maximum Gasteiger partial charge on any atom is 0.252 e. The Morgan fingerprint density at radius 3 is 2.94 bits per heavy atom. The molecule has 0 aliphatic carbocycles. The largest absolute Gasteiger partial charge is 0.352 e. The lowest BCUT2D eigenvalue weighted by atomic mass is 10.1. The molecule has 1 aromatic carbocycles. The van der Waals surface area contributed by atoms with Gasteiger partial charge in [0.25, 0.3) is 5.91 Å². The Morgan fingerprint density at radius 1 is 1.53 bits per heavy atom. The molecule has 4 heteroatoms. The predicted molar refractivity (Wildman–Crippen MR) is 77.1 cm³/mol. The van der Waals surface area contributed by atoms with Crippen LogP contribution in [0.5, 0.6) is 0 Å². The fourth-order valence-electron chi connectivity index (χ4n) is 2.17. The minimum Gasteiger partial charge on any atom is -0.352 e. The number of hydrogen-bond acceptors (Lipinski definition) is 2. The van der Waals surface area contributed by atoms with E-state index in [0.717, 1.165) is 28.8 Å². The van der Waals surface area contributed by atoms with Gasteiger partial charge >= 0.3 is 0 Å². The normalized spacial score (nSPS) is 20.5. The van der Waals surface area contributed by atoms with Gasteiger partial charge in [-0.3, -0.25) is 4.79 Å². The smallest absolute Gasteiger partial charge is 0.252 e. The van der Waals surface area contributed by atoms with Gasteiger partial charge in [-0.2, -0.15) is 0 Å². The van der Waals surface area contributed by atoms with Crippen molar-refractivity contribution in [1.82, 2.24) is 10.2 Å². The van der Waals surface area contributed by atoms with Crippen molar-refractivity contribution in [3.63, 3.8) is 0 Å². The third-order valence-corrected chi connectivity index (χ3v) is 4.10. The highest BCUT2D eigenvalue weighted by molar-refractivity contribution is 14.1. The van der Waals surface area contributed by atoms with E-state index in [1.165, 1.54) is 6.42 Å². The molecule has 2 rings (SSSR count). The Bertz CT molecular complexity index is 408. The Labute approximate surface area is 116 Å². The van der Waals surface area contributed by atoms with Crippen LogP contribution in [-0.2, 0) is 0 Å². The van der Waals surface area contributed by atoms with Crippen LogP contribution in [0.3, 0.4) is 0 Å². The zero-order chi connectivity index (χ0) is 12.3. The molecular formula is C13H17IN2O. The molecule has 92 valence electrons. The zero-order valence-corrected chi connectivity index (χ0v) is 12.1. The third kappa shape index (κ3) is 3.42. The van der Waals surface area contributed by atoms with Crippen molar-refractivity contribution in [2.24, 2.45) is 5.92 Å². The maximum atomic E-state index is 12.0. The lowest BCUT2D eigenvalue weighted by Gasteiger charge is -2.12. The van der Waals surface area contributed by atoms with Crippen molar-refractivity contribution >= 4 is 28.5 Å². The molecule has 0 saturated carbocycles. The molecule has 3 nitrogen and oxygen atoms in total. The number of carbonyl (C=O) groups excluding carboxylic acids is 1. The molecular weight excluding hydrogens is 327 g/mol. The first-order chi connectivity index (χ1) is 8.16. The molecule has 1 aliphatic heterocycles. The number of rotatable bonds is 3. The van der Waals surface area contributed by atoms with Gasteiger partial charge in [0.15, 0.2) is 0 Å².